The average Bonchev–Trinajstić information content (AvgIpc) is 2.70. The van der Waals surface area contributed by atoms with E-state index in [1.165, 1.54) is 96.3 Å². The fraction of sp³-hybridized carbons (Fsp3) is 0.955. The van der Waals surface area contributed by atoms with E-state index in [-0.39, 0.29) is 12.5 Å². The Morgan fingerprint density at radius 2 is 1.17 bits per heavy atom. The summed E-state index contributed by atoms with van der Waals surface area (Å²) < 4.78 is 14.9. The summed E-state index contributed by atoms with van der Waals surface area (Å²) in [5.74, 6) is -0.333. The van der Waals surface area contributed by atoms with E-state index in [9.17, 15) is 9.36 Å². The first-order valence-corrected chi connectivity index (χ1v) is 13.7. The molecule has 0 aromatic rings. The predicted molar refractivity (Wildman–Crippen MR) is 122 cm³/mol. The van der Waals surface area contributed by atoms with Gasteiger partial charge in [-0.1, -0.05) is 110 Å². The standard InChI is InChI=1S/C22H47N2O5P/c1-2-3-4-5-6-7-8-9-10-11-12-13-14-15-16-17-18-19-24-22(25)21(23)20-29-30(26,27)28/h21H,2-20,23H2,1H3,(H,24,25)(H2,26,27,28)/p+1/t21-/m0/s1. The quantitative estimate of drug-likeness (QED) is 0.143. The third-order valence-electron chi connectivity index (χ3n) is 5.39. The van der Waals surface area contributed by atoms with E-state index in [2.05, 4.69) is 22.5 Å². The summed E-state index contributed by atoms with van der Waals surface area (Å²) >= 11 is 0. The molecular formula is C22H48N2O5P+. The molecule has 0 aromatic carbocycles. The molecule has 8 heteroatoms. The molecule has 30 heavy (non-hydrogen) atoms. The summed E-state index contributed by atoms with van der Waals surface area (Å²) in [6, 6.07) is -0.816. The maximum absolute atomic E-state index is 11.7. The first kappa shape index (κ1) is 29.5. The Balaban J connectivity index is 3.26. The van der Waals surface area contributed by atoms with Gasteiger partial charge in [-0.05, 0) is 6.42 Å². The first-order chi connectivity index (χ1) is 14.4. The molecule has 180 valence electrons. The van der Waals surface area contributed by atoms with Gasteiger partial charge in [0, 0.05) is 6.54 Å². The lowest BCUT2D eigenvalue weighted by molar-refractivity contribution is -0.408. The molecule has 0 saturated heterocycles. The molecule has 0 unspecified atom stereocenters. The number of quaternary nitrogens is 1. The van der Waals surface area contributed by atoms with Crippen molar-refractivity contribution < 1.29 is 29.4 Å². The summed E-state index contributed by atoms with van der Waals surface area (Å²) in [5, 5.41) is 2.74. The number of hydrogen-bond donors (Lipinski definition) is 4. The molecule has 0 rings (SSSR count). The van der Waals surface area contributed by atoms with Crippen molar-refractivity contribution >= 4 is 13.7 Å². The van der Waals surface area contributed by atoms with E-state index >= 15 is 0 Å². The minimum Gasteiger partial charge on any atom is -0.351 e. The zero-order valence-corrected chi connectivity index (χ0v) is 20.2. The molecule has 0 radical (unpaired) electrons. The van der Waals surface area contributed by atoms with Crippen LogP contribution in [0.15, 0.2) is 0 Å². The van der Waals surface area contributed by atoms with Gasteiger partial charge in [0.2, 0.25) is 0 Å². The van der Waals surface area contributed by atoms with Crippen LogP contribution in [0.5, 0.6) is 0 Å². The molecule has 0 fully saturated rings. The van der Waals surface area contributed by atoms with Crippen LogP contribution in [0.4, 0.5) is 0 Å². The van der Waals surface area contributed by atoms with Crippen molar-refractivity contribution in [3.63, 3.8) is 0 Å². The first-order valence-electron chi connectivity index (χ1n) is 12.2. The van der Waals surface area contributed by atoms with E-state index in [4.69, 9.17) is 9.79 Å². The molecule has 0 aliphatic heterocycles. The second-order valence-electron chi connectivity index (χ2n) is 8.43. The van der Waals surface area contributed by atoms with Crippen LogP contribution in [0, 0.1) is 0 Å². The van der Waals surface area contributed by atoms with Crippen molar-refractivity contribution in [3.05, 3.63) is 0 Å². The van der Waals surface area contributed by atoms with Crippen LogP contribution in [-0.4, -0.2) is 34.9 Å². The predicted octanol–water partition coefficient (Wildman–Crippen LogP) is 4.47. The smallest absolute Gasteiger partial charge is 0.351 e. The van der Waals surface area contributed by atoms with Crippen molar-refractivity contribution in [1.29, 1.82) is 0 Å². The van der Waals surface area contributed by atoms with Crippen LogP contribution < -0.4 is 11.1 Å². The zero-order chi connectivity index (χ0) is 22.5. The molecule has 0 aliphatic rings. The number of carbonyl (C=O) groups excluding carboxylic acids is 1. The number of hydrogen-bond acceptors (Lipinski definition) is 3. The summed E-state index contributed by atoms with van der Waals surface area (Å²) in [4.78, 5) is 29.0. The monoisotopic (exact) mass is 451 g/mol. The highest BCUT2D eigenvalue weighted by Crippen LogP contribution is 2.35. The average molecular weight is 452 g/mol. The Bertz CT molecular complexity index is 445. The van der Waals surface area contributed by atoms with Crippen LogP contribution in [0.25, 0.3) is 0 Å². The minimum atomic E-state index is -4.55. The van der Waals surface area contributed by atoms with Gasteiger partial charge in [0.15, 0.2) is 6.04 Å². The largest absolute Gasteiger partial charge is 0.469 e. The Hall–Kier alpha value is -0.460. The summed E-state index contributed by atoms with van der Waals surface area (Å²) in [5.41, 5.74) is 3.56. The lowest BCUT2D eigenvalue weighted by Gasteiger charge is -2.10. The van der Waals surface area contributed by atoms with Gasteiger partial charge in [-0.25, -0.2) is 4.57 Å². The van der Waals surface area contributed by atoms with E-state index in [1.54, 1.807) is 0 Å². The zero-order valence-electron chi connectivity index (χ0n) is 19.3. The molecule has 0 spiro atoms. The number of unbranched alkanes of at least 4 members (excludes halogenated alkanes) is 16. The Labute approximate surface area is 184 Å². The van der Waals surface area contributed by atoms with Gasteiger partial charge < -0.3 is 20.8 Å². The Morgan fingerprint density at radius 1 is 0.800 bits per heavy atom. The van der Waals surface area contributed by atoms with Crippen LogP contribution in [0.3, 0.4) is 0 Å². The number of amides is 1. The van der Waals surface area contributed by atoms with E-state index < -0.39 is 13.9 Å². The third-order valence-corrected chi connectivity index (χ3v) is 5.88. The summed E-state index contributed by atoms with van der Waals surface area (Å²) in [6.07, 6.45) is 22.4. The second kappa shape index (κ2) is 20.4. The number of carbonyl (C=O) groups is 1. The van der Waals surface area contributed by atoms with Gasteiger partial charge in [0.05, 0.1) is 0 Å². The highest BCUT2D eigenvalue weighted by Gasteiger charge is 2.22. The molecule has 0 aromatic heterocycles. The van der Waals surface area contributed by atoms with Gasteiger partial charge in [0.25, 0.3) is 5.91 Å². The van der Waals surface area contributed by atoms with Crippen molar-refractivity contribution in [2.24, 2.45) is 0 Å². The highest BCUT2D eigenvalue weighted by atomic mass is 31.2. The van der Waals surface area contributed by atoms with E-state index in [0.29, 0.717) is 6.54 Å². The molecule has 0 saturated carbocycles. The summed E-state index contributed by atoms with van der Waals surface area (Å²) in [6.45, 7) is 2.46. The SMILES string of the molecule is CCCCCCCCCCCCCCCCCCCNC(=O)[C@@H]([NH3+])COP(=O)(O)O. The third kappa shape index (κ3) is 22.2. The van der Waals surface area contributed by atoms with Gasteiger partial charge in [0.1, 0.15) is 6.61 Å². The number of phosphoric acid groups is 1. The Kier molecular flexibility index (Phi) is 20.1. The topological polar surface area (TPSA) is 124 Å². The molecule has 7 nitrogen and oxygen atoms in total. The van der Waals surface area contributed by atoms with Crippen molar-refractivity contribution in [2.45, 2.75) is 122 Å². The van der Waals surface area contributed by atoms with Crippen LogP contribution >= 0.6 is 7.82 Å². The molecule has 1 atom stereocenters. The van der Waals surface area contributed by atoms with Crippen molar-refractivity contribution in [2.75, 3.05) is 13.2 Å². The molecule has 0 heterocycles. The van der Waals surface area contributed by atoms with Crippen LogP contribution in [0.1, 0.15) is 116 Å². The van der Waals surface area contributed by atoms with Gasteiger partial charge in [-0.2, -0.15) is 0 Å². The number of rotatable bonds is 22. The fourth-order valence-electron chi connectivity index (χ4n) is 3.47. The number of nitrogens with one attached hydrogen (secondary N) is 1. The van der Waals surface area contributed by atoms with Crippen molar-refractivity contribution in [3.8, 4) is 0 Å². The van der Waals surface area contributed by atoms with Crippen LogP contribution in [-0.2, 0) is 13.9 Å². The molecular weight excluding hydrogens is 403 g/mol. The lowest BCUT2D eigenvalue weighted by atomic mass is 10.0. The fourth-order valence-corrected chi connectivity index (χ4v) is 3.84. The van der Waals surface area contributed by atoms with E-state index in [0.717, 1.165) is 12.8 Å². The van der Waals surface area contributed by atoms with Gasteiger partial charge in [-0.3, -0.25) is 9.32 Å². The van der Waals surface area contributed by atoms with Crippen LogP contribution in [0.2, 0.25) is 0 Å². The highest BCUT2D eigenvalue weighted by molar-refractivity contribution is 7.46. The maximum atomic E-state index is 11.7. The normalized spacial score (nSPS) is 12.8. The summed E-state index contributed by atoms with van der Waals surface area (Å²) in [7, 11) is -4.55. The maximum Gasteiger partial charge on any atom is 0.469 e. The molecule has 0 bridgehead atoms. The molecule has 0 aliphatic carbocycles. The number of phosphoric ester groups is 1. The second-order valence-corrected chi connectivity index (χ2v) is 9.67. The lowest BCUT2D eigenvalue weighted by Crippen LogP contribution is -2.69. The van der Waals surface area contributed by atoms with Crippen molar-refractivity contribution in [1.82, 2.24) is 5.32 Å². The molecule has 1 amide bonds. The van der Waals surface area contributed by atoms with E-state index in [1.807, 2.05) is 0 Å². The molecule has 6 N–H and O–H groups in total. The van der Waals surface area contributed by atoms with Gasteiger partial charge in [-0.15, -0.1) is 0 Å². The van der Waals surface area contributed by atoms with Gasteiger partial charge >= 0.3 is 7.82 Å². The Morgan fingerprint density at radius 3 is 1.53 bits per heavy atom. The minimum absolute atomic E-state index is 0.333.